The first-order valence-electron chi connectivity index (χ1n) is 9.64. The number of nitrogens with zero attached hydrogens (tertiary/aromatic N) is 1. The first-order valence-corrected chi connectivity index (χ1v) is 12.5. The molecule has 0 saturated heterocycles. The molecule has 0 bridgehead atoms. The number of benzene rings is 3. The van der Waals surface area contributed by atoms with Crippen LogP contribution in [0.5, 0.6) is 5.75 Å². The van der Waals surface area contributed by atoms with Crippen molar-refractivity contribution < 1.29 is 25.8 Å². The van der Waals surface area contributed by atoms with E-state index >= 15 is 0 Å². The summed E-state index contributed by atoms with van der Waals surface area (Å²) in [5, 5.41) is 6.96. The lowest BCUT2D eigenvalue weighted by molar-refractivity contribution is 0.221. The number of nitrogens with one attached hydrogen (secondary N) is 1. The average Bonchev–Trinajstić information content (AvgIpc) is 3.22. The summed E-state index contributed by atoms with van der Waals surface area (Å²) in [5.41, 5.74) is 1.47. The van der Waals surface area contributed by atoms with Crippen molar-refractivity contribution in [1.82, 2.24) is 10.2 Å². The predicted molar refractivity (Wildman–Crippen MR) is 118 cm³/mol. The molecule has 0 spiro atoms. The van der Waals surface area contributed by atoms with Gasteiger partial charge in [0.25, 0.3) is 10.1 Å². The Balaban J connectivity index is 1.47. The molecule has 0 atom stereocenters. The maximum absolute atomic E-state index is 12.9. The van der Waals surface area contributed by atoms with Crippen LogP contribution >= 0.6 is 0 Å². The summed E-state index contributed by atoms with van der Waals surface area (Å²) < 4.78 is 60.9. The number of aromatic amines is 1. The van der Waals surface area contributed by atoms with Crippen LogP contribution < -0.4 is 4.74 Å². The van der Waals surface area contributed by atoms with E-state index in [1.54, 1.807) is 48.5 Å². The van der Waals surface area contributed by atoms with Gasteiger partial charge in [-0.05, 0) is 49.4 Å². The van der Waals surface area contributed by atoms with E-state index in [4.69, 9.17) is 8.92 Å². The molecule has 1 aromatic heterocycles. The maximum Gasteiger partial charge on any atom is 0.297 e. The number of aromatic nitrogens is 2. The molecule has 0 radical (unpaired) electrons. The van der Waals surface area contributed by atoms with E-state index in [-0.39, 0.29) is 28.0 Å². The highest BCUT2D eigenvalue weighted by Crippen LogP contribution is 2.29. The van der Waals surface area contributed by atoms with Crippen molar-refractivity contribution in [1.29, 1.82) is 0 Å². The summed E-state index contributed by atoms with van der Waals surface area (Å²) in [6.45, 7) is 1.61. The molecule has 166 valence electrons. The van der Waals surface area contributed by atoms with E-state index in [1.165, 1.54) is 24.3 Å². The molecule has 10 heteroatoms. The first-order chi connectivity index (χ1) is 15.3. The lowest BCUT2D eigenvalue weighted by Gasteiger charge is -2.08. The van der Waals surface area contributed by atoms with Crippen molar-refractivity contribution in [2.24, 2.45) is 0 Å². The molecular weight excluding hydrogens is 452 g/mol. The van der Waals surface area contributed by atoms with Gasteiger partial charge in [-0.15, -0.1) is 0 Å². The molecule has 0 aliphatic carbocycles. The Bertz CT molecular complexity index is 1450. The van der Waals surface area contributed by atoms with E-state index in [1.807, 2.05) is 6.92 Å². The van der Waals surface area contributed by atoms with Crippen LogP contribution in [-0.2, 0) is 24.1 Å². The number of hydrogen-bond donors (Lipinski definition) is 1. The Hall–Kier alpha value is -3.21. The lowest BCUT2D eigenvalue weighted by atomic mass is 10.2. The second-order valence-corrected chi connectivity index (χ2v) is 10.5. The molecule has 32 heavy (non-hydrogen) atoms. The van der Waals surface area contributed by atoms with Crippen molar-refractivity contribution in [3.63, 3.8) is 0 Å². The van der Waals surface area contributed by atoms with Crippen LogP contribution in [0, 0.1) is 6.92 Å². The second-order valence-electron chi connectivity index (χ2n) is 6.99. The molecule has 0 saturated carbocycles. The topological polar surface area (TPSA) is 115 Å². The molecule has 0 unspecified atom stereocenters. The molecule has 4 aromatic rings. The molecule has 4 rings (SSSR count). The molecule has 0 aliphatic rings. The van der Waals surface area contributed by atoms with E-state index in [2.05, 4.69) is 10.2 Å². The number of sulfone groups is 1. The van der Waals surface area contributed by atoms with Crippen LogP contribution in [0.15, 0.2) is 87.6 Å². The van der Waals surface area contributed by atoms with E-state index < -0.39 is 20.0 Å². The fraction of sp³-hybridized carbons (Fsp3) is 0.136. The molecule has 0 aliphatic heterocycles. The number of rotatable bonds is 8. The van der Waals surface area contributed by atoms with Crippen molar-refractivity contribution in [2.45, 2.75) is 21.7 Å². The maximum atomic E-state index is 12.9. The fourth-order valence-electron chi connectivity index (χ4n) is 3.05. The van der Waals surface area contributed by atoms with Gasteiger partial charge in [0.2, 0.25) is 9.84 Å². The monoisotopic (exact) mass is 472 g/mol. The lowest BCUT2D eigenvalue weighted by Crippen LogP contribution is -2.13. The molecule has 8 nitrogen and oxygen atoms in total. The van der Waals surface area contributed by atoms with Gasteiger partial charge in [-0.25, -0.2) is 8.42 Å². The molecule has 0 amide bonds. The third-order valence-electron chi connectivity index (χ3n) is 4.71. The molecule has 1 N–H and O–H groups in total. The highest BCUT2D eigenvalue weighted by Gasteiger charge is 2.24. The van der Waals surface area contributed by atoms with E-state index in [0.29, 0.717) is 16.7 Å². The zero-order valence-electron chi connectivity index (χ0n) is 17.1. The molecule has 0 fully saturated rings. The Labute approximate surface area is 185 Å². The van der Waals surface area contributed by atoms with Gasteiger partial charge in [0.05, 0.1) is 15.3 Å². The largest absolute Gasteiger partial charge is 0.491 e. The summed E-state index contributed by atoms with van der Waals surface area (Å²) >= 11 is 0. The van der Waals surface area contributed by atoms with Crippen LogP contribution in [0.4, 0.5) is 0 Å². The van der Waals surface area contributed by atoms with Gasteiger partial charge < -0.3 is 4.74 Å². The van der Waals surface area contributed by atoms with Gasteiger partial charge in [-0.2, -0.15) is 13.5 Å². The zero-order chi connectivity index (χ0) is 22.8. The third-order valence-corrected chi connectivity index (χ3v) is 7.75. The Morgan fingerprint density at radius 1 is 0.844 bits per heavy atom. The van der Waals surface area contributed by atoms with Crippen molar-refractivity contribution in [3.05, 3.63) is 78.4 Å². The van der Waals surface area contributed by atoms with Crippen molar-refractivity contribution >= 4 is 30.9 Å². The standard InChI is InChI=1S/C22H20N2O6S2/c1-16-7-10-19(11-8-16)32(27,28)30-14-13-29-17-9-12-21-20(15-17)22(24-23-21)31(25,26)18-5-3-2-4-6-18/h2-12,15H,13-14H2,1H3,(H,23,24). The van der Waals surface area contributed by atoms with Gasteiger partial charge in [-0.3, -0.25) is 9.28 Å². The van der Waals surface area contributed by atoms with Crippen molar-refractivity contribution in [3.8, 4) is 5.75 Å². The third kappa shape index (κ3) is 4.52. The minimum atomic E-state index is -3.89. The highest BCUT2D eigenvalue weighted by atomic mass is 32.2. The highest BCUT2D eigenvalue weighted by molar-refractivity contribution is 7.91. The van der Waals surface area contributed by atoms with Gasteiger partial charge in [0.1, 0.15) is 19.0 Å². The van der Waals surface area contributed by atoms with Crippen LogP contribution in [0.1, 0.15) is 5.56 Å². The van der Waals surface area contributed by atoms with Crippen LogP contribution in [-0.4, -0.2) is 40.2 Å². The van der Waals surface area contributed by atoms with Gasteiger partial charge in [0, 0.05) is 5.39 Å². The van der Waals surface area contributed by atoms with Gasteiger partial charge in [-0.1, -0.05) is 35.9 Å². The van der Waals surface area contributed by atoms with E-state index in [9.17, 15) is 16.8 Å². The molecular formula is C22H20N2O6S2. The van der Waals surface area contributed by atoms with Crippen LogP contribution in [0.2, 0.25) is 0 Å². The minimum Gasteiger partial charge on any atom is -0.491 e. The Kier molecular flexibility index (Phi) is 6.00. The predicted octanol–water partition coefficient (Wildman–Crippen LogP) is 3.49. The average molecular weight is 473 g/mol. The summed E-state index contributed by atoms with van der Waals surface area (Å²) in [7, 11) is -7.71. The zero-order valence-corrected chi connectivity index (χ0v) is 18.7. The number of aryl methyl sites for hydroxylation is 1. The number of ether oxygens (including phenoxy) is 1. The normalized spacial score (nSPS) is 12.2. The number of fused-ring (bicyclic) bond motifs is 1. The van der Waals surface area contributed by atoms with Gasteiger partial charge >= 0.3 is 0 Å². The van der Waals surface area contributed by atoms with Crippen LogP contribution in [0.25, 0.3) is 10.9 Å². The summed E-state index contributed by atoms with van der Waals surface area (Å²) in [4.78, 5) is 0.202. The van der Waals surface area contributed by atoms with E-state index in [0.717, 1.165) is 5.56 Å². The van der Waals surface area contributed by atoms with Crippen molar-refractivity contribution in [2.75, 3.05) is 13.2 Å². The molecule has 1 heterocycles. The molecule has 3 aromatic carbocycles. The quantitative estimate of drug-likeness (QED) is 0.308. The summed E-state index contributed by atoms with van der Waals surface area (Å²) in [6, 6.07) is 19.2. The SMILES string of the molecule is Cc1ccc(S(=O)(=O)OCCOc2ccc3[nH]nc(S(=O)(=O)c4ccccc4)c3c2)cc1. The van der Waals surface area contributed by atoms with Gasteiger partial charge in [0.15, 0.2) is 5.03 Å². The Morgan fingerprint density at radius 2 is 1.56 bits per heavy atom. The summed E-state index contributed by atoms with van der Waals surface area (Å²) in [6.07, 6.45) is 0. The Morgan fingerprint density at radius 3 is 2.28 bits per heavy atom. The fourth-order valence-corrected chi connectivity index (χ4v) is 5.31. The number of H-pyrrole nitrogens is 1. The smallest absolute Gasteiger partial charge is 0.297 e. The minimum absolute atomic E-state index is 0.0464. The number of hydrogen-bond acceptors (Lipinski definition) is 7. The summed E-state index contributed by atoms with van der Waals surface area (Å²) in [5.74, 6) is 0.361. The second kappa shape index (κ2) is 8.73. The first kappa shape index (κ1) is 22.0. The van der Waals surface area contributed by atoms with Crippen LogP contribution in [0.3, 0.4) is 0 Å².